The summed E-state index contributed by atoms with van der Waals surface area (Å²) in [6.45, 7) is 11.4. The van der Waals surface area contributed by atoms with Crippen molar-refractivity contribution in [1.82, 2.24) is 72.8 Å². The number of nitrogens with zero attached hydrogens (tertiary/aromatic N) is 5. The van der Waals surface area contributed by atoms with Crippen molar-refractivity contribution in [3.05, 3.63) is 0 Å². The van der Waals surface area contributed by atoms with Crippen molar-refractivity contribution >= 4 is 76.6 Å². The molecule has 10 amide bonds. The zero-order chi connectivity index (χ0) is 66.3. The van der Waals surface area contributed by atoms with Crippen LogP contribution in [0, 0.1) is 0 Å². The molecular weight excluding hydrogens is 1180 g/mol. The van der Waals surface area contributed by atoms with E-state index in [1.54, 1.807) is 14.0 Å². The molecule has 3 unspecified atom stereocenters. The fourth-order valence-electron chi connectivity index (χ4n) is 8.76. The molecule has 1 heterocycles. The van der Waals surface area contributed by atoms with Crippen LogP contribution in [-0.4, -0.2) is 328 Å². The Morgan fingerprint density at radius 2 is 0.807 bits per heavy atom. The second kappa shape index (κ2) is 49.9. The molecule has 88 heavy (non-hydrogen) atoms. The highest BCUT2D eigenvalue weighted by Gasteiger charge is 2.42. The second-order valence-electron chi connectivity index (χ2n) is 21.9. The predicted molar refractivity (Wildman–Crippen MR) is 326 cm³/mol. The van der Waals surface area contributed by atoms with E-state index in [9.17, 15) is 73.2 Å². The summed E-state index contributed by atoms with van der Waals surface area (Å²) in [5, 5.41) is 84.0. The lowest BCUT2D eigenvalue weighted by Gasteiger charge is -2.48. The van der Waals surface area contributed by atoms with Crippen LogP contribution < -0.4 is 53.2 Å². The third-order valence-corrected chi connectivity index (χ3v) is 13.6. The Balaban J connectivity index is 0.00000252. The van der Waals surface area contributed by atoms with E-state index < -0.39 is 84.6 Å². The van der Waals surface area contributed by atoms with Crippen LogP contribution in [0.3, 0.4) is 0 Å². The molecule has 3 atom stereocenters. The fourth-order valence-corrected chi connectivity index (χ4v) is 8.86. The van der Waals surface area contributed by atoms with Crippen molar-refractivity contribution in [3.8, 4) is 0 Å². The monoisotopic (exact) mass is 1280 g/mol. The summed E-state index contributed by atoms with van der Waals surface area (Å²) < 4.78 is 0.431. The number of quaternary nitrogens is 1. The maximum Gasteiger partial charge on any atom is 0.312 e. The molecule has 32 nitrogen and oxygen atoms in total. The standard InChI is InChI=1S/C39H72ClN11O12.C16H32N4O5/c1-48(2)24-30(53)26-50(15-10-44-34(57)20-33(56)43-9-14-49(3)25-29(52)23-40)16-11-45-35(58)21-37(60)47-13-18-51(27-31(54)28-51)17-12-46-36(59)19-32(55)41-7-5-4-6-8-42-38(61)22-39(62)63;1-3-5-17-15(24)10-16(25)19-7-9-20(11-13(22)12-21)8-6-18-14(23)4-2/h29-31,52-54H,4-28H2,1-3H3,(H7-,41,42,43,44,45,46,47,55,56,57,58,59,60,61,62,63);13,21-22H,3-12H2,1-2H3,(H,17,24)(H,18,23)(H,19,25)/p+1. The summed E-state index contributed by atoms with van der Waals surface area (Å²) in [5.74, 6) is -5.20. The maximum absolute atomic E-state index is 12.6. The van der Waals surface area contributed by atoms with Gasteiger partial charge in [-0.05, 0) is 46.8 Å². The lowest BCUT2D eigenvalue weighted by atomic mass is 10.1. The van der Waals surface area contributed by atoms with E-state index in [-0.39, 0.29) is 88.7 Å². The lowest BCUT2D eigenvalue weighted by molar-refractivity contribution is -0.970. The lowest BCUT2D eigenvalue weighted by Crippen LogP contribution is -2.69. The summed E-state index contributed by atoms with van der Waals surface area (Å²) in [5.41, 5.74) is 0. The molecule has 0 aromatic rings. The van der Waals surface area contributed by atoms with Gasteiger partial charge in [-0.3, -0.25) is 62.5 Å². The molecule has 0 aliphatic carbocycles. The molecule has 0 spiro atoms. The highest BCUT2D eigenvalue weighted by atomic mass is 35.5. The number of aliphatic hydroxyl groups is 5. The molecule has 0 bridgehead atoms. The quantitative estimate of drug-likeness (QED) is 0.0116. The van der Waals surface area contributed by atoms with E-state index in [1.165, 1.54) is 0 Å². The Labute approximate surface area is 522 Å². The van der Waals surface area contributed by atoms with Crippen LogP contribution in [0.25, 0.3) is 0 Å². The second-order valence-corrected chi connectivity index (χ2v) is 22.2. The van der Waals surface area contributed by atoms with Gasteiger partial charge in [0, 0.05) is 124 Å². The van der Waals surface area contributed by atoms with Crippen molar-refractivity contribution in [3.63, 3.8) is 0 Å². The number of nitrogens with one attached hydrogen (secondary N) is 10. The Morgan fingerprint density at radius 3 is 1.16 bits per heavy atom. The smallest absolute Gasteiger partial charge is 0.312 e. The van der Waals surface area contributed by atoms with Gasteiger partial charge in [-0.1, -0.05) is 13.8 Å². The van der Waals surface area contributed by atoms with Crippen LogP contribution in [0.2, 0.25) is 0 Å². The van der Waals surface area contributed by atoms with Crippen LogP contribution in [0.1, 0.15) is 78.1 Å². The van der Waals surface area contributed by atoms with Crippen molar-refractivity contribution in [2.24, 2.45) is 0 Å². The van der Waals surface area contributed by atoms with Crippen molar-refractivity contribution < 1.29 is 87.9 Å². The van der Waals surface area contributed by atoms with E-state index >= 15 is 0 Å². The van der Waals surface area contributed by atoms with Gasteiger partial charge in [0.05, 0.1) is 51.1 Å². The first-order valence-corrected chi connectivity index (χ1v) is 30.7. The number of aliphatic hydroxyl groups excluding tert-OH is 5. The third-order valence-electron chi connectivity index (χ3n) is 13.2. The molecule has 1 saturated heterocycles. The number of carboxylic acid groups (broad SMARTS) is 1. The van der Waals surface area contributed by atoms with Gasteiger partial charge >= 0.3 is 5.97 Å². The average molecular weight is 1280 g/mol. The molecule has 0 radical (unpaired) electrons. The van der Waals surface area contributed by atoms with E-state index in [0.717, 1.165) is 6.42 Å². The largest absolute Gasteiger partial charge is 0.481 e. The molecule has 0 aromatic carbocycles. The molecule has 1 aliphatic rings. The Kier molecular flexibility index (Phi) is 46.5. The zero-order valence-electron chi connectivity index (χ0n) is 52.3. The number of halogens is 1. The summed E-state index contributed by atoms with van der Waals surface area (Å²) in [4.78, 5) is 138. The number of alkyl halides is 1. The number of unbranched alkanes of at least 4 members (excludes halogenated alkanes) is 2. The maximum atomic E-state index is 12.6. The molecule has 33 heteroatoms. The number of amides is 10. The highest BCUT2D eigenvalue weighted by Crippen LogP contribution is 2.19. The molecule has 1 rings (SSSR count). The number of carbonyl (C=O) groups excluding carboxylic acids is 10. The van der Waals surface area contributed by atoms with E-state index in [4.69, 9.17) is 21.8 Å². The number of hydrogen-bond donors (Lipinski definition) is 16. The summed E-state index contributed by atoms with van der Waals surface area (Å²) >= 11 is 5.61. The minimum Gasteiger partial charge on any atom is -0.481 e. The topological polar surface area (TPSA) is 442 Å². The number of carbonyl (C=O) groups is 11. The first-order chi connectivity index (χ1) is 41.7. The van der Waals surface area contributed by atoms with Crippen molar-refractivity contribution in [2.45, 2.75) is 102 Å². The predicted octanol–water partition coefficient (Wildman–Crippen LogP) is -7.24. The zero-order valence-corrected chi connectivity index (χ0v) is 53.1. The van der Waals surface area contributed by atoms with Crippen molar-refractivity contribution in [2.75, 3.05) is 184 Å². The van der Waals surface area contributed by atoms with Gasteiger partial charge < -0.3 is 98.1 Å². The molecule has 0 saturated carbocycles. The van der Waals surface area contributed by atoms with Gasteiger partial charge in [0.25, 0.3) is 0 Å². The summed E-state index contributed by atoms with van der Waals surface area (Å²) in [6.07, 6.45) is -1.62. The van der Waals surface area contributed by atoms with Gasteiger partial charge in [0.2, 0.25) is 59.1 Å². The van der Waals surface area contributed by atoms with Gasteiger partial charge in [-0.25, -0.2) is 0 Å². The third kappa shape index (κ3) is 46.2. The Hall–Kier alpha value is -5.94. The van der Waals surface area contributed by atoms with Crippen LogP contribution >= 0.6 is 11.6 Å². The molecule has 1 aliphatic heterocycles. The fraction of sp³-hybridized carbons (Fsp3) is 0.800. The van der Waals surface area contributed by atoms with Gasteiger partial charge in [0.15, 0.2) is 6.10 Å². The van der Waals surface area contributed by atoms with E-state index in [0.29, 0.717) is 141 Å². The van der Waals surface area contributed by atoms with E-state index in [2.05, 4.69) is 53.2 Å². The van der Waals surface area contributed by atoms with Gasteiger partial charge in [-0.2, -0.15) is 0 Å². The molecule has 508 valence electrons. The van der Waals surface area contributed by atoms with Crippen LogP contribution in [-0.2, 0) is 52.7 Å². The van der Waals surface area contributed by atoms with Crippen LogP contribution in [0.5, 0.6) is 0 Å². The first kappa shape index (κ1) is 82.1. The molecule has 16 N–H and O–H groups in total. The summed E-state index contributed by atoms with van der Waals surface area (Å²) in [6, 6.07) is 0. The Morgan fingerprint density at radius 1 is 0.455 bits per heavy atom. The highest BCUT2D eigenvalue weighted by molar-refractivity contribution is 6.18. The Bertz CT molecular complexity index is 2080. The minimum atomic E-state index is -1.20. The average Bonchev–Trinajstić information content (AvgIpc) is 3.29. The number of likely N-dealkylation sites (N-methyl/N-ethyl adjacent to an activating group) is 2. The van der Waals surface area contributed by atoms with Crippen LogP contribution in [0.4, 0.5) is 0 Å². The van der Waals surface area contributed by atoms with Gasteiger partial charge in [-0.15, -0.1) is 11.6 Å². The molecule has 0 aromatic heterocycles. The summed E-state index contributed by atoms with van der Waals surface area (Å²) in [7, 11) is 5.42. The van der Waals surface area contributed by atoms with Crippen molar-refractivity contribution in [1.29, 1.82) is 0 Å². The molecule has 1 fully saturated rings. The number of hydrogen-bond acceptors (Lipinski definition) is 20. The normalized spacial score (nSPS) is 15.3. The number of carboxylic acids is 1. The number of aliphatic carboxylic acids is 1. The number of rotatable bonds is 50. The van der Waals surface area contributed by atoms with E-state index in [1.807, 2.05) is 40.6 Å². The van der Waals surface area contributed by atoms with Crippen LogP contribution in [0.15, 0.2) is 0 Å². The minimum absolute atomic E-state index is 0.0611. The SMILES string of the molecule is CCCNC(=O)CC(=O)NCCN(CCNC(=O)CC)CC(O)CO.CN(C)CC(O)CN(CCNC(=O)CC(=O)NCCN(C)CC(O)CCl)CCNC(=O)CC(=O)NCC[N+]1(CCNC(=O)CC(=O)NCCCCCNC(=O)CC(=O)O)CC(O)C1. The number of likely N-dealkylation sites (tertiary alicyclic amines) is 1. The van der Waals surface area contributed by atoms with Gasteiger partial charge in [0.1, 0.15) is 45.2 Å². The molecular formula is C55H105ClN15O17+. The first-order valence-electron chi connectivity index (χ1n) is 30.1.